The Bertz CT molecular complexity index is 687. The highest BCUT2D eigenvalue weighted by Gasteiger charge is 2.20. The second kappa shape index (κ2) is 6.42. The predicted molar refractivity (Wildman–Crippen MR) is 78.4 cm³/mol. The normalized spacial score (nSPS) is 19.2. The third-order valence-electron chi connectivity index (χ3n) is 2.80. The van der Waals surface area contributed by atoms with Gasteiger partial charge in [0, 0.05) is 0 Å². The zero-order chi connectivity index (χ0) is 15.2. The predicted octanol–water partition coefficient (Wildman–Crippen LogP) is 2.31. The summed E-state index contributed by atoms with van der Waals surface area (Å²) in [5, 5.41) is 18.1. The summed E-state index contributed by atoms with van der Waals surface area (Å²) >= 11 is 0. The van der Waals surface area contributed by atoms with Crippen molar-refractivity contribution in [3.8, 4) is 0 Å². The number of carboxylic acid groups (broad SMARTS) is 2. The van der Waals surface area contributed by atoms with Gasteiger partial charge < -0.3 is 10.2 Å². The molecule has 0 spiro atoms. The summed E-state index contributed by atoms with van der Waals surface area (Å²) in [4.78, 5) is 30.0. The third kappa shape index (κ3) is 3.50. The van der Waals surface area contributed by atoms with Crippen LogP contribution in [-0.4, -0.2) is 34.2 Å². The van der Waals surface area contributed by atoms with Gasteiger partial charge in [0.2, 0.25) is 0 Å². The maximum absolute atomic E-state index is 11.1. The maximum Gasteiger partial charge on any atom is 0.337 e. The van der Waals surface area contributed by atoms with Gasteiger partial charge in [0.15, 0.2) is 0 Å². The van der Waals surface area contributed by atoms with Crippen molar-refractivity contribution >= 4 is 29.7 Å². The molecule has 0 amide bonds. The van der Waals surface area contributed by atoms with Gasteiger partial charge in [-0.15, -0.1) is 0 Å². The first kappa shape index (κ1) is 14.4. The molecule has 0 aromatic heterocycles. The fraction of sp³-hybridized carbons (Fsp3) is 0.0667. The zero-order valence-corrected chi connectivity index (χ0v) is 10.9. The van der Waals surface area contributed by atoms with Gasteiger partial charge in [-0.05, 0) is 18.2 Å². The van der Waals surface area contributed by atoms with E-state index < -0.39 is 17.9 Å². The largest absolute Gasteiger partial charge is 0.481 e. The highest BCUT2D eigenvalue weighted by atomic mass is 16.4. The summed E-state index contributed by atoms with van der Waals surface area (Å²) in [6.45, 7) is 0. The SMILES string of the molecule is O=C(O)c1ccccc1N=CN=C1C=CC=CC1C(=O)O. The molecule has 0 heterocycles. The number of carbonyl (C=O) groups is 2. The standard InChI is InChI=1S/C15H12N2O4/c18-14(19)10-5-1-3-7-12(10)16-9-17-13-8-4-2-6-11(13)15(20)21/h1-10H,(H,18,19)(H,20,21). The van der Waals surface area contributed by atoms with Crippen LogP contribution in [0.1, 0.15) is 10.4 Å². The Kier molecular flexibility index (Phi) is 4.40. The summed E-state index contributed by atoms with van der Waals surface area (Å²) in [7, 11) is 0. The lowest BCUT2D eigenvalue weighted by atomic mass is 9.99. The van der Waals surface area contributed by atoms with E-state index in [0.717, 1.165) is 6.34 Å². The number of aliphatic imine (C=N–C) groups is 2. The summed E-state index contributed by atoms with van der Waals surface area (Å²) in [6.07, 6.45) is 7.57. The molecule has 0 saturated heterocycles. The fourth-order valence-corrected chi connectivity index (χ4v) is 1.79. The number of aliphatic carboxylic acids is 1. The first-order valence-corrected chi connectivity index (χ1v) is 6.10. The third-order valence-corrected chi connectivity index (χ3v) is 2.80. The second-order valence-electron chi connectivity index (χ2n) is 4.18. The van der Waals surface area contributed by atoms with E-state index in [1.165, 1.54) is 12.1 Å². The molecule has 1 aromatic rings. The highest BCUT2D eigenvalue weighted by molar-refractivity contribution is 6.12. The lowest BCUT2D eigenvalue weighted by Gasteiger charge is -2.09. The maximum atomic E-state index is 11.1. The number of carboxylic acids is 2. The van der Waals surface area contributed by atoms with Crippen molar-refractivity contribution in [2.75, 3.05) is 0 Å². The number of rotatable bonds is 4. The van der Waals surface area contributed by atoms with E-state index in [-0.39, 0.29) is 11.3 Å². The lowest BCUT2D eigenvalue weighted by molar-refractivity contribution is -0.138. The van der Waals surface area contributed by atoms with Crippen LogP contribution in [0.4, 0.5) is 5.69 Å². The number of allylic oxidation sites excluding steroid dienone is 3. The first-order valence-electron chi connectivity index (χ1n) is 6.10. The van der Waals surface area contributed by atoms with E-state index in [4.69, 9.17) is 10.2 Å². The van der Waals surface area contributed by atoms with E-state index in [1.807, 2.05) is 0 Å². The van der Waals surface area contributed by atoms with Crippen LogP contribution >= 0.6 is 0 Å². The molecule has 6 nitrogen and oxygen atoms in total. The molecule has 1 aliphatic rings. The van der Waals surface area contributed by atoms with Gasteiger partial charge in [-0.25, -0.2) is 14.8 Å². The first-order chi connectivity index (χ1) is 10.1. The van der Waals surface area contributed by atoms with Crippen LogP contribution in [0.3, 0.4) is 0 Å². The Balaban J connectivity index is 2.24. The fourth-order valence-electron chi connectivity index (χ4n) is 1.79. The van der Waals surface area contributed by atoms with Crippen molar-refractivity contribution in [2.45, 2.75) is 0 Å². The second-order valence-corrected chi connectivity index (χ2v) is 4.18. The Morgan fingerprint density at radius 2 is 1.90 bits per heavy atom. The molecule has 0 radical (unpaired) electrons. The van der Waals surface area contributed by atoms with E-state index >= 15 is 0 Å². The van der Waals surface area contributed by atoms with Gasteiger partial charge in [-0.2, -0.15) is 0 Å². The summed E-state index contributed by atoms with van der Waals surface area (Å²) < 4.78 is 0. The quantitative estimate of drug-likeness (QED) is 0.654. The van der Waals surface area contributed by atoms with Crippen LogP contribution < -0.4 is 0 Å². The molecule has 106 valence electrons. The van der Waals surface area contributed by atoms with Gasteiger partial charge in [0.05, 0.1) is 17.0 Å². The van der Waals surface area contributed by atoms with Gasteiger partial charge in [0.1, 0.15) is 12.3 Å². The molecule has 0 aliphatic heterocycles. The molecular formula is C15H12N2O4. The van der Waals surface area contributed by atoms with Crippen LogP contribution in [0.2, 0.25) is 0 Å². The van der Waals surface area contributed by atoms with Crippen molar-refractivity contribution in [3.63, 3.8) is 0 Å². The van der Waals surface area contributed by atoms with E-state index in [2.05, 4.69) is 9.98 Å². The minimum Gasteiger partial charge on any atom is -0.481 e. The molecular weight excluding hydrogens is 272 g/mol. The summed E-state index contributed by atoms with van der Waals surface area (Å²) in [6, 6.07) is 6.25. The van der Waals surface area contributed by atoms with Crippen molar-refractivity contribution in [1.82, 2.24) is 0 Å². The van der Waals surface area contributed by atoms with Crippen molar-refractivity contribution in [3.05, 3.63) is 54.1 Å². The minimum absolute atomic E-state index is 0.0582. The molecule has 0 fully saturated rings. The molecule has 21 heavy (non-hydrogen) atoms. The minimum atomic E-state index is -1.08. The van der Waals surface area contributed by atoms with Crippen molar-refractivity contribution in [1.29, 1.82) is 0 Å². The average molecular weight is 284 g/mol. The number of aromatic carboxylic acids is 1. The average Bonchev–Trinajstić information content (AvgIpc) is 2.48. The Morgan fingerprint density at radius 3 is 2.62 bits per heavy atom. The number of benzene rings is 1. The Morgan fingerprint density at radius 1 is 1.14 bits per heavy atom. The van der Waals surface area contributed by atoms with E-state index in [0.29, 0.717) is 5.71 Å². The van der Waals surface area contributed by atoms with Gasteiger partial charge >= 0.3 is 11.9 Å². The van der Waals surface area contributed by atoms with E-state index in [1.54, 1.807) is 36.4 Å². The monoisotopic (exact) mass is 284 g/mol. The van der Waals surface area contributed by atoms with Crippen LogP contribution in [-0.2, 0) is 4.79 Å². The molecule has 0 saturated carbocycles. The van der Waals surface area contributed by atoms with Crippen LogP contribution in [0.5, 0.6) is 0 Å². The zero-order valence-electron chi connectivity index (χ0n) is 10.9. The van der Waals surface area contributed by atoms with Crippen molar-refractivity contribution < 1.29 is 19.8 Å². The van der Waals surface area contributed by atoms with Crippen molar-refractivity contribution in [2.24, 2.45) is 15.9 Å². The molecule has 2 N–H and O–H groups in total. The van der Waals surface area contributed by atoms with Gasteiger partial charge in [0.25, 0.3) is 0 Å². The number of nitrogens with zero attached hydrogens (tertiary/aromatic N) is 2. The molecule has 1 unspecified atom stereocenters. The topological polar surface area (TPSA) is 99.3 Å². The Labute approximate surface area is 120 Å². The van der Waals surface area contributed by atoms with Crippen LogP contribution in [0.25, 0.3) is 0 Å². The molecule has 0 bridgehead atoms. The number of para-hydroxylation sites is 1. The Hall–Kier alpha value is -3.02. The molecule has 6 heteroatoms. The van der Waals surface area contributed by atoms with Gasteiger partial charge in [-0.3, -0.25) is 4.79 Å². The molecule has 1 aliphatic carbocycles. The summed E-state index contributed by atoms with van der Waals surface area (Å²) in [5.41, 5.74) is 0.654. The number of hydrogen-bond donors (Lipinski definition) is 2. The van der Waals surface area contributed by atoms with Gasteiger partial charge in [-0.1, -0.05) is 30.4 Å². The van der Waals surface area contributed by atoms with E-state index in [9.17, 15) is 9.59 Å². The highest BCUT2D eigenvalue weighted by Crippen LogP contribution is 2.18. The smallest absolute Gasteiger partial charge is 0.337 e. The molecule has 1 aromatic carbocycles. The summed E-state index contributed by atoms with van der Waals surface area (Å²) in [5.74, 6) is -2.91. The molecule has 1 atom stereocenters. The lowest BCUT2D eigenvalue weighted by Crippen LogP contribution is -2.21. The van der Waals surface area contributed by atoms with Crippen LogP contribution in [0, 0.1) is 5.92 Å². The van der Waals surface area contributed by atoms with Crippen LogP contribution in [0.15, 0.2) is 58.6 Å². The number of hydrogen-bond acceptors (Lipinski definition) is 3. The molecule has 2 rings (SSSR count).